The van der Waals surface area contributed by atoms with E-state index in [0.29, 0.717) is 5.56 Å². The Kier molecular flexibility index (Phi) is 7.65. The predicted octanol–water partition coefficient (Wildman–Crippen LogP) is 3.91. The van der Waals surface area contributed by atoms with Gasteiger partial charge in [-0.2, -0.15) is 5.10 Å². The third-order valence-corrected chi connectivity index (χ3v) is 6.02. The molecule has 0 aliphatic carbocycles. The number of aromatic nitrogens is 3. The SMILES string of the molecule is CC(C)c1cc(F)c(F)c(-c2ccnc(OCC(C)(C)n3cc(F)c(S(N)=O)n3)c2)c1CC(=O)O. The molecule has 0 aliphatic rings. The van der Waals surface area contributed by atoms with E-state index in [-0.39, 0.29) is 35.1 Å². The van der Waals surface area contributed by atoms with Crippen LogP contribution in [0, 0.1) is 17.5 Å². The zero-order valence-electron chi connectivity index (χ0n) is 19.5. The minimum atomic E-state index is -2.10. The van der Waals surface area contributed by atoms with Crippen molar-refractivity contribution in [2.24, 2.45) is 5.14 Å². The largest absolute Gasteiger partial charge is 0.481 e. The summed E-state index contributed by atoms with van der Waals surface area (Å²) in [6.07, 6.45) is 1.87. The van der Waals surface area contributed by atoms with Crippen LogP contribution < -0.4 is 9.88 Å². The second-order valence-electron chi connectivity index (χ2n) is 8.85. The molecule has 2 aromatic heterocycles. The number of nitrogens with two attached hydrogens (primary N) is 1. The smallest absolute Gasteiger partial charge is 0.307 e. The molecule has 0 bridgehead atoms. The standard InChI is InChI=1S/C23H25F3N4O4S/c1-12(2)14-8-16(24)21(26)20(15(14)9-19(31)32)13-5-6-28-18(7-13)34-11-23(3,4)30-10-17(25)22(29-30)35(27)33/h5-8,10,12H,9,11,27H2,1-4H3,(H,31,32). The number of carboxylic acid groups (broad SMARTS) is 1. The van der Waals surface area contributed by atoms with Gasteiger partial charge in [0.2, 0.25) is 5.88 Å². The summed E-state index contributed by atoms with van der Waals surface area (Å²) < 4.78 is 61.7. The second kappa shape index (κ2) is 10.2. The zero-order chi connectivity index (χ0) is 26.1. The number of hydrogen-bond acceptors (Lipinski definition) is 5. The van der Waals surface area contributed by atoms with Crippen molar-refractivity contribution >= 4 is 17.0 Å². The Hall–Kier alpha value is -3.25. The number of ether oxygens (including phenoxy) is 1. The molecule has 1 aromatic carbocycles. The van der Waals surface area contributed by atoms with Crippen molar-refractivity contribution in [3.8, 4) is 17.0 Å². The van der Waals surface area contributed by atoms with Gasteiger partial charge in [-0.1, -0.05) is 13.8 Å². The Bertz CT molecular complexity index is 1290. The van der Waals surface area contributed by atoms with Crippen LogP contribution in [0.5, 0.6) is 5.88 Å². The highest BCUT2D eigenvalue weighted by molar-refractivity contribution is 7.82. The van der Waals surface area contributed by atoms with E-state index in [2.05, 4.69) is 10.1 Å². The number of carboxylic acids is 1. The fourth-order valence-electron chi connectivity index (χ4n) is 3.59. The number of rotatable bonds is 9. The fraction of sp³-hybridized carbons (Fsp3) is 0.348. The van der Waals surface area contributed by atoms with E-state index in [1.165, 1.54) is 23.0 Å². The first kappa shape index (κ1) is 26.4. The number of hydrogen-bond donors (Lipinski definition) is 2. The highest BCUT2D eigenvalue weighted by Crippen LogP contribution is 2.36. The Morgan fingerprint density at radius 1 is 1.26 bits per heavy atom. The molecule has 8 nitrogen and oxygen atoms in total. The Morgan fingerprint density at radius 3 is 2.51 bits per heavy atom. The Labute approximate surface area is 202 Å². The van der Waals surface area contributed by atoms with Gasteiger partial charge in [0.25, 0.3) is 0 Å². The van der Waals surface area contributed by atoms with Crippen LogP contribution in [-0.4, -0.2) is 36.7 Å². The van der Waals surface area contributed by atoms with Crippen LogP contribution >= 0.6 is 0 Å². The number of benzene rings is 1. The van der Waals surface area contributed by atoms with Gasteiger partial charge in [-0.05, 0) is 48.6 Å². The van der Waals surface area contributed by atoms with Gasteiger partial charge in [-0.3, -0.25) is 9.48 Å². The number of halogens is 3. The molecule has 3 aromatic rings. The summed E-state index contributed by atoms with van der Waals surface area (Å²) in [5.74, 6) is -4.48. The number of nitrogens with zero attached hydrogens (tertiary/aromatic N) is 3. The number of aliphatic carboxylic acids is 1. The summed E-state index contributed by atoms with van der Waals surface area (Å²) in [7, 11) is -2.10. The summed E-state index contributed by atoms with van der Waals surface area (Å²) in [5, 5.41) is 18.1. The highest BCUT2D eigenvalue weighted by atomic mass is 32.2. The van der Waals surface area contributed by atoms with Crippen molar-refractivity contribution in [3.63, 3.8) is 0 Å². The fourth-order valence-corrected chi connectivity index (χ4v) is 4.00. The molecule has 12 heteroatoms. The van der Waals surface area contributed by atoms with Crippen LogP contribution in [0.3, 0.4) is 0 Å². The molecule has 0 radical (unpaired) electrons. The van der Waals surface area contributed by atoms with Crippen LogP contribution in [-0.2, 0) is 27.7 Å². The van der Waals surface area contributed by atoms with Gasteiger partial charge >= 0.3 is 5.97 Å². The lowest BCUT2D eigenvalue weighted by Gasteiger charge is -2.25. The van der Waals surface area contributed by atoms with Crippen molar-refractivity contribution in [1.82, 2.24) is 14.8 Å². The molecule has 1 unspecified atom stereocenters. The van der Waals surface area contributed by atoms with Crippen LogP contribution in [0.1, 0.15) is 44.7 Å². The van der Waals surface area contributed by atoms with Crippen molar-refractivity contribution in [2.75, 3.05) is 6.61 Å². The zero-order valence-corrected chi connectivity index (χ0v) is 20.3. The molecule has 0 saturated carbocycles. The van der Waals surface area contributed by atoms with Crippen LogP contribution in [0.4, 0.5) is 13.2 Å². The highest BCUT2D eigenvalue weighted by Gasteiger charge is 2.27. The van der Waals surface area contributed by atoms with Crippen LogP contribution in [0.15, 0.2) is 35.6 Å². The molecule has 0 saturated heterocycles. The maximum atomic E-state index is 15.0. The van der Waals surface area contributed by atoms with Gasteiger partial charge in [-0.15, -0.1) is 0 Å². The quantitative estimate of drug-likeness (QED) is 0.450. The molecule has 3 rings (SSSR count). The third kappa shape index (κ3) is 5.70. The number of pyridine rings is 1. The first-order valence-corrected chi connectivity index (χ1v) is 11.8. The summed E-state index contributed by atoms with van der Waals surface area (Å²) in [4.78, 5) is 15.6. The molecule has 0 fully saturated rings. The van der Waals surface area contributed by atoms with E-state index in [1.807, 2.05) is 0 Å². The van der Waals surface area contributed by atoms with E-state index in [0.717, 1.165) is 12.3 Å². The molecule has 0 spiro atoms. The van der Waals surface area contributed by atoms with E-state index in [4.69, 9.17) is 9.88 Å². The first-order chi connectivity index (χ1) is 16.3. The summed E-state index contributed by atoms with van der Waals surface area (Å²) in [5.41, 5.74) is -0.367. The monoisotopic (exact) mass is 510 g/mol. The molecular formula is C23H25F3N4O4S. The van der Waals surface area contributed by atoms with Gasteiger partial charge in [-0.25, -0.2) is 27.5 Å². The maximum absolute atomic E-state index is 15.0. The lowest BCUT2D eigenvalue weighted by molar-refractivity contribution is -0.136. The Morgan fingerprint density at radius 2 is 1.94 bits per heavy atom. The van der Waals surface area contributed by atoms with Gasteiger partial charge in [0.05, 0.1) is 18.2 Å². The van der Waals surface area contributed by atoms with Gasteiger partial charge in [0, 0.05) is 17.8 Å². The first-order valence-electron chi connectivity index (χ1n) is 10.6. The van der Waals surface area contributed by atoms with Gasteiger partial charge < -0.3 is 9.84 Å². The average Bonchev–Trinajstić information content (AvgIpc) is 3.17. The van der Waals surface area contributed by atoms with E-state index < -0.39 is 51.4 Å². The molecule has 2 heterocycles. The lowest BCUT2D eigenvalue weighted by Crippen LogP contribution is -2.34. The molecule has 0 amide bonds. The minimum Gasteiger partial charge on any atom is -0.481 e. The van der Waals surface area contributed by atoms with Gasteiger partial charge in [0.15, 0.2) is 22.5 Å². The third-order valence-electron chi connectivity index (χ3n) is 5.36. The predicted molar refractivity (Wildman–Crippen MR) is 123 cm³/mol. The normalized spacial score (nSPS) is 12.7. The number of carbonyl (C=O) groups is 1. The van der Waals surface area contributed by atoms with Crippen molar-refractivity contribution in [1.29, 1.82) is 0 Å². The average molecular weight is 511 g/mol. The summed E-state index contributed by atoms with van der Waals surface area (Å²) in [6, 6.07) is 3.82. The maximum Gasteiger partial charge on any atom is 0.307 e. The molecule has 1 atom stereocenters. The minimum absolute atomic E-state index is 0.0434. The van der Waals surface area contributed by atoms with Crippen LogP contribution in [0.2, 0.25) is 0 Å². The lowest BCUT2D eigenvalue weighted by atomic mass is 9.88. The van der Waals surface area contributed by atoms with Gasteiger partial charge in [0.1, 0.15) is 17.6 Å². The Balaban J connectivity index is 1.97. The summed E-state index contributed by atoms with van der Waals surface area (Å²) in [6.45, 7) is 6.80. The molecular weight excluding hydrogens is 485 g/mol. The van der Waals surface area contributed by atoms with Crippen molar-refractivity contribution < 1.29 is 32.0 Å². The summed E-state index contributed by atoms with van der Waals surface area (Å²) >= 11 is 0. The molecule has 35 heavy (non-hydrogen) atoms. The van der Waals surface area contributed by atoms with E-state index in [9.17, 15) is 27.3 Å². The van der Waals surface area contributed by atoms with Crippen molar-refractivity contribution in [3.05, 3.63) is 59.2 Å². The topological polar surface area (TPSA) is 120 Å². The van der Waals surface area contributed by atoms with E-state index in [1.54, 1.807) is 27.7 Å². The molecule has 3 N–H and O–H groups in total. The van der Waals surface area contributed by atoms with Crippen LogP contribution in [0.25, 0.3) is 11.1 Å². The molecule has 188 valence electrons. The second-order valence-corrected chi connectivity index (χ2v) is 9.83. The van der Waals surface area contributed by atoms with E-state index >= 15 is 0 Å². The molecule has 0 aliphatic heterocycles. The van der Waals surface area contributed by atoms with Crippen molar-refractivity contribution in [2.45, 2.75) is 50.6 Å².